The Bertz CT molecular complexity index is 1120. The van der Waals surface area contributed by atoms with Gasteiger partial charge in [-0.2, -0.15) is 0 Å². The molecule has 0 spiro atoms. The van der Waals surface area contributed by atoms with Gasteiger partial charge >= 0.3 is 11.9 Å². The van der Waals surface area contributed by atoms with Crippen molar-refractivity contribution in [2.75, 3.05) is 39.3 Å². The molecule has 0 saturated carbocycles. The maximum Gasteiger partial charge on any atom is 0.306 e. The lowest BCUT2D eigenvalue weighted by Crippen LogP contribution is -2.28. The van der Waals surface area contributed by atoms with Gasteiger partial charge in [-0.3, -0.25) is 9.59 Å². The van der Waals surface area contributed by atoms with Crippen molar-refractivity contribution in [3.63, 3.8) is 0 Å². The standard InChI is InChI=1S/C48H80N2O4/c1-5-9-13-17-25-37-49(35-23-15-11-7-3)39-27-33-47(51)53-41-43-29-19-21-31-45(43)46-32-22-20-30-44(46)42-54-48(52)34-28-40-50(36-24-16-12-8-4)38-26-18-14-10-6-2/h19-22,29-32H,5-18,23-28,33-42H2,1-4H3. The monoisotopic (exact) mass is 749 g/mol. The highest BCUT2D eigenvalue weighted by Gasteiger charge is 2.14. The van der Waals surface area contributed by atoms with E-state index in [-0.39, 0.29) is 25.2 Å². The Morgan fingerprint density at radius 3 is 1.06 bits per heavy atom. The second-order valence-corrected chi connectivity index (χ2v) is 15.5. The van der Waals surface area contributed by atoms with Gasteiger partial charge in [0, 0.05) is 12.8 Å². The van der Waals surface area contributed by atoms with E-state index < -0.39 is 0 Å². The molecule has 0 saturated heterocycles. The highest BCUT2D eigenvalue weighted by atomic mass is 16.5. The molecule has 54 heavy (non-hydrogen) atoms. The Labute approximate surface area is 332 Å². The van der Waals surface area contributed by atoms with Crippen LogP contribution in [0, 0.1) is 0 Å². The summed E-state index contributed by atoms with van der Waals surface area (Å²) < 4.78 is 11.7. The molecule has 0 aliphatic rings. The molecule has 0 unspecified atom stereocenters. The molecule has 0 N–H and O–H groups in total. The summed E-state index contributed by atoms with van der Waals surface area (Å²) in [5, 5.41) is 0. The molecule has 0 amide bonds. The lowest BCUT2D eigenvalue weighted by atomic mass is 9.96. The van der Waals surface area contributed by atoms with Crippen LogP contribution in [-0.2, 0) is 32.3 Å². The number of rotatable bonds is 35. The quantitative estimate of drug-likeness (QED) is 0.0517. The van der Waals surface area contributed by atoms with E-state index in [0.29, 0.717) is 12.8 Å². The zero-order valence-corrected chi connectivity index (χ0v) is 35.4. The molecule has 2 rings (SSSR count). The summed E-state index contributed by atoms with van der Waals surface area (Å²) in [7, 11) is 0. The summed E-state index contributed by atoms with van der Waals surface area (Å²) >= 11 is 0. The minimum atomic E-state index is -0.142. The fourth-order valence-corrected chi connectivity index (χ4v) is 7.25. The molecule has 0 heterocycles. The van der Waals surface area contributed by atoms with Crippen molar-refractivity contribution in [2.24, 2.45) is 0 Å². The van der Waals surface area contributed by atoms with Gasteiger partial charge in [-0.1, -0.05) is 166 Å². The third-order valence-electron chi connectivity index (χ3n) is 10.6. The third kappa shape index (κ3) is 22.6. The minimum absolute atomic E-state index is 0.142. The average Bonchev–Trinajstić information content (AvgIpc) is 3.19. The molecule has 0 fully saturated rings. The second kappa shape index (κ2) is 32.5. The van der Waals surface area contributed by atoms with Gasteiger partial charge in [-0.15, -0.1) is 0 Å². The first kappa shape index (κ1) is 47.5. The third-order valence-corrected chi connectivity index (χ3v) is 10.6. The smallest absolute Gasteiger partial charge is 0.306 e. The molecule has 0 aromatic heterocycles. The van der Waals surface area contributed by atoms with E-state index in [2.05, 4.69) is 49.6 Å². The van der Waals surface area contributed by atoms with E-state index in [0.717, 1.165) is 74.4 Å². The summed E-state index contributed by atoms with van der Waals surface area (Å²) in [6.07, 6.45) is 25.6. The first-order valence-corrected chi connectivity index (χ1v) is 22.4. The van der Waals surface area contributed by atoms with Crippen molar-refractivity contribution < 1.29 is 19.1 Å². The van der Waals surface area contributed by atoms with Crippen molar-refractivity contribution in [1.82, 2.24) is 9.80 Å². The van der Waals surface area contributed by atoms with Crippen LogP contribution < -0.4 is 0 Å². The van der Waals surface area contributed by atoms with E-state index in [1.54, 1.807) is 0 Å². The van der Waals surface area contributed by atoms with Gasteiger partial charge in [0.25, 0.3) is 0 Å². The SMILES string of the molecule is CCCCCCCN(CCCCCC)CCCC(=O)OCc1ccccc1-c1ccccc1COC(=O)CCCN(CCCCCC)CCCCCCC. The molecule has 0 atom stereocenters. The molecule has 6 heteroatoms. The highest BCUT2D eigenvalue weighted by Crippen LogP contribution is 2.28. The first-order chi connectivity index (χ1) is 26.5. The van der Waals surface area contributed by atoms with Crippen molar-refractivity contribution in [3.05, 3.63) is 59.7 Å². The molecule has 0 aliphatic carbocycles. The molecular formula is C48H80N2O4. The normalized spacial score (nSPS) is 11.4. The van der Waals surface area contributed by atoms with Crippen LogP contribution in [0.4, 0.5) is 0 Å². The maximum absolute atomic E-state index is 12.9. The average molecular weight is 749 g/mol. The summed E-state index contributed by atoms with van der Waals surface area (Å²) in [4.78, 5) is 31.0. The van der Waals surface area contributed by atoms with E-state index in [4.69, 9.17) is 9.47 Å². The Kier molecular flexibility index (Phi) is 28.6. The minimum Gasteiger partial charge on any atom is -0.461 e. The number of ether oxygens (including phenoxy) is 2. The molecule has 0 aliphatic heterocycles. The number of carbonyl (C=O) groups is 2. The number of nitrogens with zero attached hydrogens (tertiary/aromatic N) is 2. The first-order valence-electron chi connectivity index (χ1n) is 22.4. The second-order valence-electron chi connectivity index (χ2n) is 15.5. The fraction of sp³-hybridized carbons (Fsp3) is 0.708. The van der Waals surface area contributed by atoms with Gasteiger partial charge in [-0.25, -0.2) is 0 Å². The number of carbonyl (C=O) groups excluding carboxylic acids is 2. The number of unbranched alkanes of at least 4 members (excludes halogenated alkanes) is 14. The Balaban J connectivity index is 1.87. The fourth-order valence-electron chi connectivity index (χ4n) is 7.25. The van der Waals surface area contributed by atoms with Crippen LogP contribution in [0.3, 0.4) is 0 Å². The number of esters is 2. The van der Waals surface area contributed by atoms with E-state index in [9.17, 15) is 9.59 Å². The number of benzene rings is 2. The molecule has 6 nitrogen and oxygen atoms in total. The molecule has 0 bridgehead atoms. The van der Waals surface area contributed by atoms with Crippen LogP contribution in [0.25, 0.3) is 11.1 Å². The largest absolute Gasteiger partial charge is 0.461 e. The highest BCUT2D eigenvalue weighted by molar-refractivity contribution is 5.73. The Hall–Kier alpha value is -2.70. The van der Waals surface area contributed by atoms with Crippen LogP contribution >= 0.6 is 0 Å². The molecular weight excluding hydrogens is 669 g/mol. The van der Waals surface area contributed by atoms with Gasteiger partial charge in [0.1, 0.15) is 13.2 Å². The van der Waals surface area contributed by atoms with Crippen LogP contribution in [-0.4, -0.2) is 61.0 Å². The van der Waals surface area contributed by atoms with Crippen LogP contribution in [0.1, 0.15) is 180 Å². The Morgan fingerprint density at radius 2 is 0.704 bits per heavy atom. The topological polar surface area (TPSA) is 59.1 Å². The zero-order valence-electron chi connectivity index (χ0n) is 35.4. The summed E-state index contributed by atoms with van der Waals surface area (Å²) in [5.41, 5.74) is 3.94. The summed E-state index contributed by atoms with van der Waals surface area (Å²) in [5.74, 6) is -0.283. The van der Waals surface area contributed by atoms with Crippen molar-refractivity contribution in [3.8, 4) is 11.1 Å². The van der Waals surface area contributed by atoms with Gasteiger partial charge in [0.05, 0.1) is 0 Å². The van der Waals surface area contributed by atoms with Crippen molar-refractivity contribution in [1.29, 1.82) is 0 Å². The van der Waals surface area contributed by atoms with Gasteiger partial charge in [-0.05, 0) is 100 Å². The maximum atomic E-state index is 12.9. The van der Waals surface area contributed by atoms with Crippen LogP contribution in [0.15, 0.2) is 48.5 Å². The zero-order chi connectivity index (χ0) is 38.9. The predicted octanol–water partition coefficient (Wildman–Crippen LogP) is 12.7. The van der Waals surface area contributed by atoms with Gasteiger partial charge in [0.15, 0.2) is 0 Å². The lowest BCUT2D eigenvalue weighted by molar-refractivity contribution is -0.146. The number of hydrogen-bond donors (Lipinski definition) is 0. The van der Waals surface area contributed by atoms with Crippen LogP contribution in [0.2, 0.25) is 0 Å². The lowest BCUT2D eigenvalue weighted by Gasteiger charge is -2.22. The predicted molar refractivity (Wildman–Crippen MR) is 229 cm³/mol. The molecule has 2 aromatic carbocycles. The number of hydrogen-bond acceptors (Lipinski definition) is 6. The molecule has 2 aromatic rings. The summed E-state index contributed by atoms with van der Waals surface area (Å²) in [6.45, 7) is 15.9. The molecule has 0 radical (unpaired) electrons. The van der Waals surface area contributed by atoms with Gasteiger partial charge < -0.3 is 19.3 Å². The van der Waals surface area contributed by atoms with E-state index in [1.807, 2.05) is 36.4 Å². The van der Waals surface area contributed by atoms with E-state index in [1.165, 1.54) is 116 Å². The summed E-state index contributed by atoms with van der Waals surface area (Å²) in [6, 6.07) is 16.2. The molecule has 306 valence electrons. The van der Waals surface area contributed by atoms with Gasteiger partial charge in [0.2, 0.25) is 0 Å². The van der Waals surface area contributed by atoms with Crippen molar-refractivity contribution >= 4 is 11.9 Å². The van der Waals surface area contributed by atoms with Crippen molar-refractivity contribution in [2.45, 2.75) is 182 Å². The van der Waals surface area contributed by atoms with E-state index >= 15 is 0 Å². The van der Waals surface area contributed by atoms with Crippen LogP contribution in [0.5, 0.6) is 0 Å². The Morgan fingerprint density at radius 1 is 0.407 bits per heavy atom.